The average molecular weight is 348 g/mol. The molecule has 0 aliphatic carbocycles. The van der Waals surface area contributed by atoms with Gasteiger partial charge in [-0.25, -0.2) is 0 Å². The summed E-state index contributed by atoms with van der Waals surface area (Å²) in [4.78, 5) is 18.1. The molecule has 4 nitrogen and oxygen atoms in total. The third-order valence-corrected chi connectivity index (χ3v) is 5.41. The van der Waals surface area contributed by atoms with E-state index in [0.717, 1.165) is 48.3 Å². The molecule has 0 radical (unpaired) electrons. The van der Waals surface area contributed by atoms with Gasteiger partial charge in [0, 0.05) is 35.8 Å². The summed E-state index contributed by atoms with van der Waals surface area (Å²) in [5.41, 5.74) is 4.39. The van der Waals surface area contributed by atoms with Crippen LogP contribution in [0.1, 0.15) is 40.2 Å². The molecule has 1 aliphatic rings. The number of hydrogen-bond acceptors (Lipinski definition) is 2. The minimum absolute atomic E-state index is 0.146. The van der Waals surface area contributed by atoms with Crippen molar-refractivity contribution < 1.29 is 9.53 Å². The van der Waals surface area contributed by atoms with Crippen LogP contribution in [0.5, 0.6) is 5.75 Å². The van der Waals surface area contributed by atoms with Crippen molar-refractivity contribution in [3.63, 3.8) is 0 Å². The molecular formula is C22H24N2O2. The first-order chi connectivity index (χ1) is 12.7. The zero-order valence-corrected chi connectivity index (χ0v) is 15.3. The highest BCUT2D eigenvalue weighted by atomic mass is 16.5. The number of benzene rings is 2. The Hall–Kier alpha value is -2.75. The molecule has 26 heavy (non-hydrogen) atoms. The Balaban J connectivity index is 1.49. The smallest absolute Gasteiger partial charge is 0.253 e. The standard InChI is InChI=1S/C22H24N2O2/c1-15-4-3-5-17(12-15)22(25)24-10-8-16(9-11-24)20-14-23-21-7-6-18(26-2)13-19(20)21/h3-7,12-14,16,23H,8-11H2,1-2H3. The molecule has 1 N–H and O–H groups in total. The van der Waals surface area contributed by atoms with E-state index in [1.807, 2.05) is 42.2 Å². The Morgan fingerprint density at radius 3 is 2.69 bits per heavy atom. The number of carbonyl (C=O) groups is 1. The maximum Gasteiger partial charge on any atom is 0.253 e. The second-order valence-electron chi connectivity index (χ2n) is 7.09. The van der Waals surface area contributed by atoms with E-state index >= 15 is 0 Å². The number of carbonyl (C=O) groups excluding carboxylic acids is 1. The first kappa shape index (κ1) is 16.7. The molecule has 2 aromatic carbocycles. The van der Waals surface area contributed by atoms with Gasteiger partial charge in [0.15, 0.2) is 0 Å². The van der Waals surface area contributed by atoms with Crippen molar-refractivity contribution in [3.8, 4) is 5.75 Å². The molecule has 0 bridgehead atoms. The van der Waals surface area contributed by atoms with Crippen molar-refractivity contribution in [2.24, 2.45) is 0 Å². The number of nitrogens with one attached hydrogen (secondary N) is 1. The van der Waals surface area contributed by atoms with Gasteiger partial charge >= 0.3 is 0 Å². The summed E-state index contributed by atoms with van der Waals surface area (Å²) in [6, 6.07) is 14.0. The highest BCUT2D eigenvalue weighted by Gasteiger charge is 2.26. The van der Waals surface area contributed by atoms with Crippen molar-refractivity contribution in [1.82, 2.24) is 9.88 Å². The lowest BCUT2D eigenvalue weighted by Crippen LogP contribution is -2.37. The molecular weight excluding hydrogens is 324 g/mol. The predicted molar refractivity (Wildman–Crippen MR) is 104 cm³/mol. The van der Waals surface area contributed by atoms with Crippen LogP contribution < -0.4 is 4.74 Å². The third-order valence-electron chi connectivity index (χ3n) is 5.41. The van der Waals surface area contributed by atoms with Crippen molar-refractivity contribution in [1.29, 1.82) is 0 Å². The minimum Gasteiger partial charge on any atom is -0.497 e. The topological polar surface area (TPSA) is 45.3 Å². The van der Waals surface area contributed by atoms with Gasteiger partial charge in [-0.3, -0.25) is 4.79 Å². The number of nitrogens with zero attached hydrogens (tertiary/aromatic N) is 1. The lowest BCUT2D eigenvalue weighted by Gasteiger charge is -2.32. The molecule has 0 atom stereocenters. The lowest BCUT2D eigenvalue weighted by molar-refractivity contribution is 0.0713. The van der Waals surface area contributed by atoms with Crippen LogP contribution in [0.15, 0.2) is 48.7 Å². The van der Waals surface area contributed by atoms with E-state index in [4.69, 9.17) is 4.74 Å². The Bertz CT molecular complexity index is 936. The number of aromatic nitrogens is 1. The first-order valence-electron chi connectivity index (χ1n) is 9.16. The SMILES string of the molecule is COc1ccc2[nH]cc(C3CCN(C(=O)c4cccc(C)c4)CC3)c2c1. The number of aromatic amines is 1. The highest BCUT2D eigenvalue weighted by molar-refractivity contribution is 5.94. The van der Waals surface area contributed by atoms with Crippen molar-refractivity contribution in [3.05, 3.63) is 65.4 Å². The number of amides is 1. The summed E-state index contributed by atoms with van der Waals surface area (Å²) in [6.45, 7) is 3.62. The molecule has 0 saturated carbocycles. The predicted octanol–water partition coefficient (Wildman–Crippen LogP) is 4.50. The van der Waals surface area contributed by atoms with Gasteiger partial charge in [-0.1, -0.05) is 17.7 Å². The summed E-state index contributed by atoms with van der Waals surface area (Å²) in [6.07, 6.45) is 4.09. The summed E-state index contributed by atoms with van der Waals surface area (Å²) >= 11 is 0. The number of piperidine rings is 1. The maximum absolute atomic E-state index is 12.7. The van der Waals surface area contributed by atoms with Crippen molar-refractivity contribution in [2.75, 3.05) is 20.2 Å². The number of H-pyrrole nitrogens is 1. The van der Waals surface area contributed by atoms with Gasteiger partial charge in [-0.15, -0.1) is 0 Å². The van der Waals surface area contributed by atoms with E-state index in [1.165, 1.54) is 10.9 Å². The monoisotopic (exact) mass is 348 g/mol. The van der Waals surface area contributed by atoms with E-state index in [9.17, 15) is 4.79 Å². The molecule has 3 aromatic rings. The fourth-order valence-electron chi connectivity index (χ4n) is 3.94. The van der Waals surface area contributed by atoms with E-state index < -0.39 is 0 Å². The number of ether oxygens (including phenoxy) is 1. The van der Waals surface area contributed by atoms with E-state index in [1.54, 1.807) is 7.11 Å². The Morgan fingerprint density at radius 1 is 1.15 bits per heavy atom. The molecule has 4 heteroatoms. The van der Waals surface area contributed by atoms with Crippen LogP contribution in [0.4, 0.5) is 0 Å². The van der Waals surface area contributed by atoms with Gasteiger partial charge < -0.3 is 14.6 Å². The summed E-state index contributed by atoms with van der Waals surface area (Å²) < 4.78 is 5.37. The second kappa shape index (κ2) is 6.87. The molecule has 1 aliphatic heterocycles. The molecule has 0 spiro atoms. The summed E-state index contributed by atoms with van der Waals surface area (Å²) in [7, 11) is 1.70. The second-order valence-corrected chi connectivity index (χ2v) is 7.09. The number of fused-ring (bicyclic) bond motifs is 1. The zero-order chi connectivity index (χ0) is 18.1. The van der Waals surface area contributed by atoms with Gasteiger partial charge in [-0.05, 0) is 61.6 Å². The molecule has 134 valence electrons. The molecule has 2 heterocycles. The third kappa shape index (κ3) is 3.07. The van der Waals surface area contributed by atoms with Gasteiger partial charge in [0.2, 0.25) is 0 Å². The molecule has 1 fully saturated rings. The van der Waals surface area contributed by atoms with Crippen molar-refractivity contribution >= 4 is 16.8 Å². The van der Waals surface area contributed by atoms with E-state index in [0.29, 0.717) is 5.92 Å². The van der Waals surface area contributed by atoms with Crippen LogP contribution in [-0.4, -0.2) is 36.0 Å². The fraction of sp³-hybridized carbons (Fsp3) is 0.318. The quantitative estimate of drug-likeness (QED) is 0.757. The van der Waals surface area contributed by atoms with Gasteiger partial charge in [0.25, 0.3) is 5.91 Å². The number of likely N-dealkylation sites (tertiary alicyclic amines) is 1. The summed E-state index contributed by atoms with van der Waals surface area (Å²) in [5.74, 6) is 1.50. The van der Waals surface area contributed by atoms with Crippen LogP contribution in [0.2, 0.25) is 0 Å². The normalized spacial score (nSPS) is 15.4. The largest absolute Gasteiger partial charge is 0.497 e. The molecule has 4 rings (SSSR count). The van der Waals surface area contributed by atoms with Crippen LogP contribution >= 0.6 is 0 Å². The summed E-state index contributed by atoms with van der Waals surface area (Å²) in [5, 5.41) is 1.23. The molecule has 1 aromatic heterocycles. The average Bonchev–Trinajstić information content (AvgIpc) is 3.10. The highest BCUT2D eigenvalue weighted by Crippen LogP contribution is 2.35. The van der Waals surface area contributed by atoms with Crippen molar-refractivity contribution in [2.45, 2.75) is 25.7 Å². The Kier molecular flexibility index (Phi) is 4.41. The minimum atomic E-state index is 0.146. The Morgan fingerprint density at radius 2 is 1.96 bits per heavy atom. The molecule has 1 saturated heterocycles. The van der Waals surface area contributed by atoms with Gasteiger partial charge in [0.05, 0.1) is 7.11 Å². The fourth-order valence-corrected chi connectivity index (χ4v) is 3.94. The van der Waals surface area contributed by atoms with Gasteiger partial charge in [0.1, 0.15) is 5.75 Å². The van der Waals surface area contributed by atoms with Crippen LogP contribution in [0.25, 0.3) is 10.9 Å². The molecule has 1 amide bonds. The van der Waals surface area contributed by atoms with E-state index in [-0.39, 0.29) is 5.91 Å². The van der Waals surface area contributed by atoms with E-state index in [2.05, 4.69) is 23.3 Å². The number of methoxy groups -OCH3 is 1. The Labute approximate surface area is 153 Å². The van der Waals surface area contributed by atoms with Crippen LogP contribution in [0, 0.1) is 6.92 Å². The zero-order valence-electron chi connectivity index (χ0n) is 15.3. The maximum atomic E-state index is 12.7. The first-order valence-corrected chi connectivity index (χ1v) is 9.16. The number of rotatable bonds is 3. The van der Waals surface area contributed by atoms with Crippen LogP contribution in [0.3, 0.4) is 0 Å². The lowest BCUT2D eigenvalue weighted by atomic mass is 9.89. The number of hydrogen-bond donors (Lipinski definition) is 1. The van der Waals surface area contributed by atoms with Gasteiger partial charge in [-0.2, -0.15) is 0 Å². The van der Waals surface area contributed by atoms with Crippen LogP contribution in [-0.2, 0) is 0 Å². The molecule has 0 unspecified atom stereocenters. The number of aryl methyl sites for hydroxylation is 1.